The molecular formula is C9H18N2O2. The van der Waals surface area contributed by atoms with Gasteiger partial charge in [0, 0.05) is 25.7 Å². The normalized spacial score (nSPS) is 15.2. The molecule has 0 aromatic carbocycles. The smallest absolute Gasteiger partial charge is 0.246 e. The molecule has 0 aromatic heterocycles. The Morgan fingerprint density at radius 3 is 2.08 bits per heavy atom. The second kappa shape index (κ2) is 7.76. The van der Waals surface area contributed by atoms with Crippen molar-refractivity contribution in [3.8, 4) is 0 Å². The van der Waals surface area contributed by atoms with Gasteiger partial charge in [0.15, 0.2) is 0 Å². The van der Waals surface area contributed by atoms with E-state index in [-0.39, 0.29) is 5.91 Å². The molecule has 1 rings (SSSR count). The van der Waals surface area contributed by atoms with Crippen LogP contribution >= 0.6 is 0 Å². The van der Waals surface area contributed by atoms with Crippen LogP contribution in [0.3, 0.4) is 0 Å². The Morgan fingerprint density at radius 1 is 1.46 bits per heavy atom. The van der Waals surface area contributed by atoms with Gasteiger partial charge in [0.2, 0.25) is 5.91 Å². The third kappa shape index (κ3) is 7.49. The molecule has 0 aromatic rings. The third-order valence-electron chi connectivity index (χ3n) is 1.46. The first-order valence-electron chi connectivity index (χ1n) is 4.34. The second-order valence-corrected chi connectivity index (χ2v) is 2.72. The maximum Gasteiger partial charge on any atom is 0.246 e. The highest BCUT2D eigenvalue weighted by Gasteiger charge is 1.93. The van der Waals surface area contributed by atoms with Crippen molar-refractivity contribution < 1.29 is 9.53 Å². The van der Waals surface area contributed by atoms with Gasteiger partial charge in [0.1, 0.15) is 0 Å². The van der Waals surface area contributed by atoms with Crippen molar-refractivity contribution in [2.75, 3.05) is 33.4 Å². The second-order valence-electron chi connectivity index (χ2n) is 2.72. The number of morpholine rings is 1. The summed E-state index contributed by atoms with van der Waals surface area (Å²) in [4.78, 5) is 10.3. The number of carbonyl (C=O) groups excluding carboxylic acids is 1. The molecule has 1 aliphatic heterocycles. The SMILES string of the molecule is C1COCCN1.C=C(C)C(=O)NC. The minimum atomic E-state index is -0.0972. The van der Waals surface area contributed by atoms with Gasteiger partial charge in [-0.25, -0.2) is 0 Å². The zero-order valence-electron chi connectivity index (χ0n) is 8.35. The van der Waals surface area contributed by atoms with E-state index in [1.54, 1.807) is 14.0 Å². The van der Waals surface area contributed by atoms with E-state index in [0.29, 0.717) is 5.57 Å². The van der Waals surface area contributed by atoms with E-state index in [4.69, 9.17) is 4.74 Å². The molecule has 0 spiro atoms. The van der Waals surface area contributed by atoms with Crippen LogP contribution in [0.25, 0.3) is 0 Å². The maximum absolute atomic E-state index is 10.3. The monoisotopic (exact) mass is 186 g/mol. The Kier molecular flexibility index (Phi) is 7.24. The average molecular weight is 186 g/mol. The Labute approximate surface area is 79.3 Å². The molecule has 2 N–H and O–H groups in total. The third-order valence-corrected chi connectivity index (χ3v) is 1.46. The highest BCUT2D eigenvalue weighted by molar-refractivity contribution is 5.91. The van der Waals surface area contributed by atoms with Gasteiger partial charge in [-0.2, -0.15) is 0 Å². The molecular weight excluding hydrogens is 168 g/mol. The fourth-order valence-electron chi connectivity index (χ4n) is 0.729. The Morgan fingerprint density at radius 2 is 2.00 bits per heavy atom. The first-order chi connectivity index (χ1) is 6.18. The molecule has 76 valence electrons. The molecule has 0 saturated carbocycles. The van der Waals surface area contributed by atoms with E-state index < -0.39 is 0 Å². The van der Waals surface area contributed by atoms with Crippen LogP contribution in [0, 0.1) is 0 Å². The number of hydrogen-bond donors (Lipinski definition) is 2. The zero-order chi connectivity index (χ0) is 10.1. The fourth-order valence-corrected chi connectivity index (χ4v) is 0.729. The number of rotatable bonds is 1. The molecule has 1 saturated heterocycles. The Hall–Kier alpha value is -0.870. The van der Waals surface area contributed by atoms with Crippen molar-refractivity contribution in [2.24, 2.45) is 0 Å². The minimum absolute atomic E-state index is 0.0972. The van der Waals surface area contributed by atoms with Gasteiger partial charge in [0.05, 0.1) is 13.2 Å². The first kappa shape index (κ1) is 12.1. The van der Waals surface area contributed by atoms with E-state index >= 15 is 0 Å². The zero-order valence-corrected chi connectivity index (χ0v) is 8.35. The number of carbonyl (C=O) groups is 1. The predicted octanol–water partition coefficient (Wildman–Crippen LogP) is -0.0853. The van der Waals surface area contributed by atoms with Gasteiger partial charge in [-0.15, -0.1) is 0 Å². The van der Waals surface area contributed by atoms with Crippen LogP contribution < -0.4 is 10.6 Å². The van der Waals surface area contributed by atoms with E-state index in [0.717, 1.165) is 26.3 Å². The van der Waals surface area contributed by atoms with Crippen LogP contribution in [0.4, 0.5) is 0 Å². The molecule has 13 heavy (non-hydrogen) atoms. The van der Waals surface area contributed by atoms with Crippen molar-refractivity contribution in [1.82, 2.24) is 10.6 Å². The summed E-state index contributed by atoms with van der Waals surface area (Å²) in [5.41, 5.74) is 0.544. The number of ether oxygens (including phenoxy) is 1. The minimum Gasteiger partial charge on any atom is -0.379 e. The predicted molar refractivity (Wildman–Crippen MR) is 52.6 cm³/mol. The molecule has 1 amide bonds. The van der Waals surface area contributed by atoms with Gasteiger partial charge < -0.3 is 15.4 Å². The topological polar surface area (TPSA) is 50.4 Å². The molecule has 0 radical (unpaired) electrons. The van der Waals surface area contributed by atoms with E-state index in [9.17, 15) is 4.79 Å². The quantitative estimate of drug-likeness (QED) is 0.563. The average Bonchev–Trinajstić information content (AvgIpc) is 2.20. The van der Waals surface area contributed by atoms with Crippen LogP contribution in [0.2, 0.25) is 0 Å². The molecule has 0 bridgehead atoms. The van der Waals surface area contributed by atoms with Crippen molar-refractivity contribution in [3.63, 3.8) is 0 Å². The Bertz CT molecular complexity index is 153. The van der Waals surface area contributed by atoms with Crippen LogP contribution in [-0.2, 0) is 9.53 Å². The molecule has 1 fully saturated rings. The van der Waals surface area contributed by atoms with Gasteiger partial charge in [-0.3, -0.25) is 4.79 Å². The lowest BCUT2D eigenvalue weighted by atomic mass is 10.3. The summed E-state index contributed by atoms with van der Waals surface area (Å²) < 4.78 is 5.01. The van der Waals surface area contributed by atoms with Crippen molar-refractivity contribution in [2.45, 2.75) is 6.92 Å². The molecule has 0 atom stereocenters. The fraction of sp³-hybridized carbons (Fsp3) is 0.667. The molecule has 4 heteroatoms. The number of likely N-dealkylation sites (N-methyl/N-ethyl adjacent to an activating group) is 1. The van der Waals surface area contributed by atoms with Crippen LogP contribution in [0.15, 0.2) is 12.2 Å². The standard InChI is InChI=1S/C5H9NO.C4H9NO/c1-4(2)5(7)6-3;1-3-6-4-2-5-1/h1H2,2-3H3,(H,6,7);5H,1-4H2. The molecule has 0 aliphatic carbocycles. The summed E-state index contributed by atoms with van der Waals surface area (Å²) in [6.07, 6.45) is 0. The summed E-state index contributed by atoms with van der Waals surface area (Å²) in [5, 5.41) is 5.59. The Balaban J connectivity index is 0.000000223. The van der Waals surface area contributed by atoms with Crippen molar-refractivity contribution in [3.05, 3.63) is 12.2 Å². The molecule has 1 aliphatic rings. The highest BCUT2D eigenvalue weighted by atomic mass is 16.5. The summed E-state index contributed by atoms with van der Waals surface area (Å²) in [6, 6.07) is 0. The highest BCUT2D eigenvalue weighted by Crippen LogP contribution is 1.81. The lowest BCUT2D eigenvalue weighted by molar-refractivity contribution is -0.116. The van der Waals surface area contributed by atoms with Gasteiger partial charge >= 0.3 is 0 Å². The number of nitrogens with one attached hydrogen (secondary N) is 2. The van der Waals surface area contributed by atoms with Gasteiger partial charge in [-0.1, -0.05) is 6.58 Å². The maximum atomic E-state index is 10.3. The summed E-state index contributed by atoms with van der Waals surface area (Å²) in [6.45, 7) is 8.91. The van der Waals surface area contributed by atoms with Crippen LogP contribution in [-0.4, -0.2) is 39.3 Å². The number of amides is 1. The van der Waals surface area contributed by atoms with Crippen LogP contribution in [0.5, 0.6) is 0 Å². The van der Waals surface area contributed by atoms with Gasteiger partial charge in [0.25, 0.3) is 0 Å². The van der Waals surface area contributed by atoms with Crippen LogP contribution in [0.1, 0.15) is 6.92 Å². The summed E-state index contributed by atoms with van der Waals surface area (Å²) in [7, 11) is 1.58. The molecule has 0 unspecified atom stereocenters. The van der Waals surface area contributed by atoms with E-state index in [1.807, 2.05) is 0 Å². The number of hydrogen-bond acceptors (Lipinski definition) is 3. The van der Waals surface area contributed by atoms with Crippen molar-refractivity contribution >= 4 is 5.91 Å². The summed E-state index contributed by atoms with van der Waals surface area (Å²) in [5.74, 6) is -0.0972. The van der Waals surface area contributed by atoms with Gasteiger partial charge in [-0.05, 0) is 6.92 Å². The van der Waals surface area contributed by atoms with E-state index in [2.05, 4.69) is 17.2 Å². The largest absolute Gasteiger partial charge is 0.379 e. The summed E-state index contributed by atoms with van der Waals surface area (Å²) >= 11 is 0. The lowest BCUT2D eigenvalue weighted by Gasteiger charge is -2.10. The van der Waals surface area contributed by atoms with Crippen molar-refractivity contribution in [1.29, 1.82) is 0 Å². The first-order valence-corrected chi connectivity index (χ1v) is 4.34. The molecule has 1 heterocycles. The van der Waals surface area contributed by atoms with E-state index in [1.165, 1.54) is 0 Å². The lowest BCUT2D eigenvalue weighted by Crippen LogP contribution is -2.30. The molecule has 4 nitrogen and oxygen atoms in total.